The summed E-state index contributed by atoms with van der Waals surface area (Å²) in [5, 5.41) is 2.56. The van der Waals surface area contributed by atoms with Crippen LogP contribution in [-0.4, -0.2) is 41.4 Å². The molecule has 0 radical (unpaired) electrons. The molecular weight excluding hydrogens is 554 g/mol. The van der Waals surface area contributed by atoms with Crippen molar-refractivity contribution in [2.75, 3.05) is 25.1 Å². The van der Waals surface area contributed by atoms with Crippen molar-refractivity contribution >= 4 is 23.0 Å². The van der Waals surface area contributed by atoms with E-state index in [-0.39, 0.29) is 6.04 Å². The number of nitrogens with one attached hydrogen (secondary N) is 1. The minimum Gasteiger partial charge on any atom is -0.493 e. The molecule has 43 heavy (non-hydrogen) atoms. The number of hydrazine groups is 1. The number of hydrogen-bond donors (Lipinski definition) is 2. The quantitative estimate of drug-likeness (QED) is 0.291. The summed E-state index contributed by atoms with van der Waals surface area (Å²) in [6.45, 7) is 23.7. The molecule has 1 aromatic heterocycles. The zero-order chi connectivity index (χ0) is 32.0. The number of anilines is 1. The van der Waals surface area contributed by atoms with Gasteiger partial charge in [0.1, 0.15) is 5.75 Å². The maximum absolute atomic E-state index is 6.29. The predicted molar refractivity (Wildman–Crippen MR) is 187 cm³/mol. The summed E-state index contributed by atoms with van der Waals surface area (Å²) in [6.07, 6.45) is 11.1. The molecule has 4 rings (SSSR count). The smallest absolute Gasteiger partial charge is 0.153 e. The van der Waals surface area contributed by atoms with Gasteiger partial charge < -0.3 is 15.9 Å². The van der Waals surface area contributed by atoms with Crippen LogP contribution in [-0.2, 0) is 6.42 Å². The van der Waals surface area contributed by atoms with Crippen molar-refractivity contribution in [1.82, 2.24) is 9.99 Å². The molecule has 1 unspecified atom stereocenters. The average molecular weight is 610 g/mol. The number of aromatic nitrogens is 1. The highest BCUT2D eigenvalue weighted by atomic mass is 35.5. The van der Waals surface area contributed by atoms with Gasteiger partial charge in [-0.15, -0.1) is 0 Å². The third-order valence-corrected chi connectivity index (χ3v) is 7.77. The minimum atomic E-state index is 0.209. The van der Waals surface area contributed by atoms with Gasteiger partial charge in [-0.1, -0.05) is 77.8 Å². The third kappa shape index (κ3) is 11.7. The van der Waals surface area contributed by atoms with Gasteiger partial charge in [0.05, 0.1) is 12.3 Å². The first-order valence-corrected chi connectivity index (χ1v) is 16.4. The lowest BCUT2D eigenvalue weighted by atomic mass is 9.73. The standard InChI is InChI=1S/C20H27ClN4O.C13H21N.C3H8/c1-3-9-26-19-6-5-15(10-14(19)4-2)16-11-18(20(21)23-12-16)24-25-8-7-17(22)13-25;1-6-14-12-7-8-13(4,5)9-11(12)10(2)3;1-3-2/h5-6,10-12,17,24H,3-4,7-9,13,22H2,1-2H3;6H,1,7-9H2,2-5H3;3H2,1-2H3. The summed E-state index contributed by atoms with van der Waals surface area (Å²) in [4.78, 5) is 8.73. The highest BCUT2D eigenvalue weighted by Crippen LogP contribution is 2.38. The van der Waals surface area contributed by atoms with E-state index in [4.69, 9.17) is 22.1 Å². The molecule has 1 atom stereocenters. The highest BCUT2D eigenvalue weighted by molar-refractivity contribution is 6.32. The lowest BCUT2D eigenvalue weighted by Crippen LogP contribution is -2.31. The minimum absolute atomic E-state index is 0.209. The summed E-state index contributed by atoms with van der Waals surface area (Å²) in [5.74, 6) is 0.962. The fourth-order valence-electron chi connectivity index (χ4n) is 5.13. The normalized spacial score (nSPS) is 18.7. The summed E-state index contributed by atoms with van der Waals surface area (Å²) in [7, 11) is 0. The lowest BCUT2D eigenvalue weighted by molar-refractivity contribution is 0.314. The van der Waals surface area contributed by atoms with E-state index in [2.05, 4.69) is 94.5 Å². The van der Waals surface area contributed by atoms with Crippen LogP contribution < -0.4 is 15.9 Å². The Balaban J connectivity index is 0.000000320. The Kier molecular flexibility index (Phi) is 15.5. The molecule has 238 valence electrons. The number of allylic oxidation sites excluding steroid dienone is 2. The number of halogens is 1. The number of benzene rings is 1. The maximum atomic E-state index is 6.29. The van der Waals surface area contributed by atoms with Crippen LogP contribution >= 0.6 is 11.6 Å². The summed E-state index contributed by atoms with van der Waals surface area (Å²) >= 11 is 6.29. The first-order valence-electron chi connectivity index (χ1n) is 16.0. The van der Waals surface area contributed by atoms with E-state index in [0.717, 1.165) is 74.4 Å². The molecule has 1 aliphatic carbocycles. The number of nitrogens with zero attached hydrogens (tertiary/aromatic N) is 3. The van der Waals surface area contributed by atoms with Gasteiger partial charge in [-0.2, -0.15) is 0 Å². The Labute approximate surface area is 266 Å². The number of nitrogens with two attached hydrogens (primary N) is 1. The molecule has 1 aromatic carbocycles. The van der Waals surface area contributed by atoms with Crippen LogP contribution in [0.4, 0.5) is 5.69 Å². The Morgan fingerprint density at radius 3 is 2.51 bits per heavy atom. The molecule has 2 aromatic rings. The largest absolute Gasteiger partial charge is 0.493 e. The topological polar surface area (TPSA) is 75.8 Å². The van der Waals surface area contributed by atoms with Crippen LogP contribution in [0.5, 0.6) is 5.75 Å². The van der Waals surface area contributed by atoms with Crippen molar-refractivity contribution in [3.05, 3.63) is 65.1 Å². The van der Waals surface area contributed by atoms with E-state index < -0.39 is 0 Å². The van der Waals surface area contributed by atoms with Gasteiger partial charge in [0.15, 0.2) is 5.15 Å². The highest BCUT2D eigenvalue weighted by Gasteiger charge is 2.28. The van der Waals surface area contributed by atoms with Crippen molar-refractivity contribution in [1.29, 1.82) is 0 Å². The second kappa shape index (κ2) is 18.2. The molecule has 1 saturated heterocycles. The maximum Gasteiger partial charge on any atom is 0.153 e. The summed E-state index contributed by atoms with van der Waals surface area (Å²) in [5.41, 5.74) is 18.0. The van der Waals surface area contributed by atoms with Crippen molar-refractivity contribution in [2.45, 2.75) is 106 Å². The first kappa shape index (κ1) is 36.5. The van der Waals surface area contributed by atoms with Crippen LogP contribution in [0.1, 0.15) is 99.5 Å². The average Bonchev–Trinajstić information content (AvgIpc) is 3.39. The molecule has 2 heterocycles. The molecule has 0 bridgehead atoms. The van der Waals surface area contributed by atoms with E-state index in [1.54, 1.807) is 6.20 Å². The monoisotopic (exact) mass is 609 g/mol. The summed E-state index contributed by atoms with van der Waals surface area (Å²) < 4.78 is 5.84. The Bertz CT molecular complexity index is 1230. The van der Waals surface area contributed by atoms with Crippen molar-refractivity contribution in [3.63, 3.8) is 0 Å². The van der Waals surface area contributed by atoms with Gasteiger partial charge >= 0.3 is 0 Å². The Morgan fingerprint density at radius 2 is 1.93 bits per heavy atom. The van der Waals surface area contributed by atoms with Crippen LogP contribution in [0, 0.1) is 5.41 Å². The number of hydrogen-bond acceptors (Lipinski definition) is 6. The molecule has 2 fully saturated rings. The first-order chi connectivity index (χ1) is 20.5. The molecule has 1 saturated carbocycles. The van der Waals surface area contributed by atoms with E-state index in [1.807, 2.05) is 18.3 Å². The van der Waals surface area contributed by atoms with Crippen LogP contribution in [0.3, 0.4) is 0 Å². The molecule has 0 amide bonds. The Hall–Kier alpha value is -2.67. The van der Waals surface area contributed by atoms with Crippen LogP contribution in [0.25, 0.3) is 11.1 Å². The van der Waals surface area contributed by atoms with Gasteiger partial charge in [0.2, 0.25) is 0 Å². The van der Waals surface area contributed by atoms with E-state index in [9.17, 15) is 0 Å². The number of pyridine rings is 1. The fourth-order valence-corrected chi connectivity index (χ4v) is 5.27. The van der Waals surface area contributed by atoms with Gasteiger partial charge in [0, 0.05) is 42.8 Å². The SMILES string of the molecule is C=CN=C1CCC(C)(C)CC1=C(C)C.CCC.CCCOc1ccc(-c2cnc(Cl)c(NN3CCC(N)C3)c2)cc1CC. The predicted octanol–water partition coefficient (Wildman–Crippen LogP) is 9.65. The molecule has 3 N–H and O–H groups in total. The fraction of sp³-hybridized carbons (Fsp3) is 0.556. The zero-order valence-electron chi connectivity index (χ0n) is 28.0. The van der Waals surface area contributed by atoms with Crippen molar-refractivity contribution in [3.8, 4) is 16.9 Å². The molecule has 7 heteroatoms. The van der Waals surface area contributed by atoms with E-state index in [0.29, 0.717) is 10.6 Å². The number of aryl methyl sites for hydroxylation is 1. The number of ether oxygens (including phenoxy) is 1. The second-order valence-electron chi connectivity index (χ2n) is 12.5. The number of rotatable bonds is 8. The zero-order valence-corrected chi connectivity index (χ0v) is 28.8. The lowest BCUT2D eigenvalue weighted by Gasteiger charge is -2.33. The van der Waals surface area contributed by atoms with Crippen LogP contribution in [0.2, 0.25) is 5.15 Å². The van der Waals surface area contributed by atoms with Gasteiger partial charge in [-0.05, 0) is 92.7 Å². The molecule has 6 nitrogen and oxygen atoms in total. The molecule has 1 aliphatic heterocycles. The second-order valence-corrected chi connectivity index (χ2v) is 12.8. The van der Waals surface area contributed by atoms with E-state index in [1.165, 1.54) is 35.3 Å². The van der Waals surface area contributed by atoms with Gasteiger partial charge in [-0.25, -0.2) is 9.99 Å². The van der Waals surface area contributed by atoms with E-state index >= 15 is 0 Å². The molecular formula is C36H56ClN5O. The van der Waals surface area contributed by atoms with Crippen molar-refractivity contribution < 1.29 is 4.74 Å². The van der Waals surface area contributed by atoms with Gasteiger partial charge in [0.25, 0.3) is 0 Å². The summed E-state index contributed by atoms with van der Waals surface area (Å²) in [6, 6.07) is 8.54. The van der Waals surface area contributed by atoms with Crippen LogP contribution in [0.15, 0.2) is 59.4 Å². The van der Waals surface area contributed by atoms with Gasteiger partial charge in [-0.3, -0.25) is 4.99 Å². The molecule has 0 spiro atoms. The Morgan fingerprint density at radius 1 is 1.21 bits per heavy atom. The number of aliphatic imine (C=N–C) groups is 1. The molecule has 2 aliphatic rings. The van der Waals surface area contributed by atoms with Crippen molar-refractivity contribution in [2.24, 2.45) is 16.1 Å². The third-order valence-electron chi connectivity index (χ3n) is 7.47.